The molecule has 1 aromatic rings. The number of nitrogens with one attached hydrogen (secondary N) is 1. The van der Waals surface area contributed by atoms with Gasteiger partial charge in [-0.3, -0.25) is 9.59 Å². The number of benzene rings is 1. The van der Waals surface area contributed by atoms with Crippen LogP contribution >= 0.6 is 0 Å². The summed E-state index contributed by atoms with van der Waals surface area (Å²) in [6, 6.07) is 7.37. The van der Waals surface area contributed by atoms with Gasteiger partial charge in [-0.05, 0) is 44.5 Å². The summed E-state index contributed by atoms with van der Waals surface area (Å²) in [4.78, 5) is 25.4. The third-order valence-corrected chi connectivity index (χ3v) is 3.35. The fourth-order valence-electron chi connectivity index (χ4n) is 2.01. The largest absolute Gasteiger partial charge is 0.352 e. The number of rotatable bonds is 8. The van der Waals surface area contributed by atoms with Crippen LogP contribution in [0, 0.1) is 0 Å². The van der Waals surface area contributed by atoms with Gasteiger partial charge in [0.1, 0.15) is 0 Å². The standard InChI is InChI=1S/C16H25N3O2/c1-3-19(4-2)16(21)14-9-7-13(8-10-14)12-18-15(20)6-5-11-17/h7-10H,3-6,11-12,17H2,1-2H3,(H,18,20). The summed E-state index contributed by atoms with van der Waals surface area (Å²) in [6.07, 6.45) is 1.15. The molecular formula is C16H25N3O2. The van der Waals surface area contributed by atoms with Gasteiger partial charge < -0.3 is 16.0 Å². The predicted molar refractivity (Wildman–Crippen MR) is 83.8 cm³/mol. The zero-order valence-electron chi connectivity index (χ0n) is 12.9. The quantitative estimate of drug-likeness (QED) is 0.762. The topological polar surface area (TPSA) is 75.4 Å². The van der Waals surface area contributed by atoms with Gasteiger partial charge in [-0.15, -0.1) is 0 Å². The van der Waals surface area contributed by atoms with Crippen molar-refractivity contribution in [1.29, 1.82) is 0 Å². The maximum Gasteiger partial charge on any atom is 0.253 e. The molecule has 0 atom stereocenters. The van der Waals surface area contributed by atoms with Crippen LogP contribution < -0.4 is 11.1 Å². The fourth-order valence-corrected chi connectivity index (χ4v) is 2.01. The van der Waals surface area contributed by atoms with Crippen molar-refractivity contribution in [2.24, 2.45) is 5.73 Å². The molecule has 0 saturated carbocycles. The van der Waals surface area contributed by atoms with Crippen molar-refractivity contribution in [2.45, 2.75) is 33.2 Å². The first-order chi connectivity index (χ1) is 10.1. The van der Waals surface area contributed by atoms with E-state index in [0.29, 0.717) is 44.6 Å². The SMILES string of the molecule is CCN(CC)C(=O)c1ccc(CNC(=O)CCCN)cc1. The maximum atomic E-state index is 12.1. The predicted octanol–water partition coefficient (Wildman–Crippen LogP) is 1.52. The Bertz CT molecular complexity index is 453. The minimum Gasteiger partial charge on any atom is -0.352 e. The molecule has 3 N–H and O–H groups in total. The maximum absolute atomic E-state index is 12.1. The average molecular weight is 291 g/mol. The van der Waals surface area contributed by atoms with Crippen LogP contribution in [0.2, 0.25) is 0 Å². The van der Waals surface area contributed by atoms with Gasteiger partial charge in [0.25, 0.3) is 5.91 Å². The van der Waals surface area contributed by atoms with Crippen LogP contribution in [0.25, 0.3) is 0 Å². The summed E-state index contributed by atoms with van der Waals surface area (Å²) >= 11 is 0. The number of hydrogen-bond donors (Lipinski definition) is 2. The van der Waals surface area contributed by atoms with Gasteiger partial charge in [0.05, 0.1) is 0 Å². The van der Waals surface area contributed by atoms with Gasteiger partial charge in [0.2, 0.25) is 5.91 Å². The molecule has 0 fully saturated rings. The van der Waals surface area contributed by atoms with Crippen LogP contribution in [0.15, 0.2) is 24.3 Å². The number of nitrogens with two attached hydrogens (primary N) is 1. The lowest BCUT2D eigenvalue weighted by Crippen LogP contribution is -2.30. The van der Waals surface area contributed by atoms with Crippen molar-refractivity contribution in [1.82, 2.24) is 10.2 Å². The van der Waals surface area contributed by atoms with Gasteiger partial charge in [-0.2, -0.15) is 0 Å². The van der Waals surface area contributed by atoms with Crippen LogP contribution in [-0.2, 0) is 11.3 Å². The molecule has 0 aliphatic carbocycles. The fraction of sp³-hybridized carbons (Fsp3) is 0.500. The molecule has 0 spiro atoms. The number of carbonyl (C=O) groups excluding carboxylic acids is 2. The molecule has 0 bridgehead atoms. The zero-order valence-corrected chi connectivity index (χ0v) is 12.9. The second kappa shape index (κ2) is 9.13. The summed E-state index contributed by atoms with van der Waals surface area (Å²) in [5, 5.41) is 2.84. The molecule has 0 aromatic heterocycles. The summed E-state index contributed by atoms with van der Waals surface area (Å²) in [5.41, 5.74) is 7.02. The lowest BCUT2D eigenvalue weighted by molar-refractivity contribution is -0.121. The van der Waals surface area contributed by atoms with Gasteiger partial charge in [0, 0.05) is 31.6 Å². The molecule has 5 nitrogen and oxygen atoms in total. The van der Waals surface area contributed by atoms with E-state index in [1.165, 1.54) is 0 Å². The van der Waals surface area contributed by atoms with E-state index in [1.807, 2.05) is 38.1 Å². The van der Waals surface area contributed by atoms with Crippen molar-refractivity contribution >= 4 is 11.8 Å². The van der Waals surface area contributed by atoms with Gasteiger partial charge in [-0.25, -0.2) is 0 Å². The van der Waals surface area contributed by atoms with Crippen LogP contribution in [0.4, 0.5) is 0 Å². The minimum atomic E-state index is 0.00347. The number of carbonyl (C=O) groups is 2. The zero-order chi connectivity index (χ0) is 15.7. The third-order valence-electron chi connectivity index (χ3n) is 3.35. The first-order valence-corrected chi connectivity index (χ1v) is 7.47. The first kappa shape index (κ1) is 17.2. The van der Waals surface area contributed by atoms with Crippen molar-refractivity contribution in [3.63, 3.8) is 0 Å². The molecule has 21 heavy (non-hydrogen) atoms. The van der Waals surface area contributed by atoms with E-state index in [9.17, 15) is 9.59 Å². The molecule has 0 heterocycles. The average Bonchev–Trinajstić information content (AvgIpc) is 2.52. The highest BCUT2D eigenvalue weighted by atomic mass is 16.2. The minimum absolute atomic E-state index is 0.00347. The Morgan fingerprint density at radius 2 is 1.76 bits per heavy atom. The molecule has 1 aromatic carbocycles. The molecule has 0 aliphatic rings. The molecular weight excluding hydrogens is 266 g/mol. The van der Waals surface area contributed by atoms with Crippen molar-refractivity contribution in [3.05, 3.63) is 35.4 Å². The Hall–Kier alpha value is -1.88. The van der Waals surface area contributed by atoms with E-state index in [1.54, 1.807) is 4.90 Å². The van der Waals surface area contributed by atoms with Gasteiger partial charge in [0.15, 0.2) is 0 Å². The summed E-state index contributed by atoms with van der Waals surface area (Å²) < 4.78 is 0. The van der Waals surface area contributed by atoms with Gasteiger partial charge in [-0.1, -0.05) is 12.1 Å². The number of nitrogens with zero attached hydrogens (tertiary/aromatic N) is 1. The Morgan fingerprint density at radius 1 is 1.14 bits per heavy atom. The highest BCUT2D eigenvalue weighted by Gasteiger charge is 2.11. The molecule has 0 aliphatic heterocycles. The number of hydrogen-bond acceptors (Lipinski definition) is 3. The Labute approximate surface area is 126 Å². The third kappa shape index (κ3) is 5.55. The van der Waals surface area contributed by atoms with Crippen molar-refractivity contribution in [2.75, 3.05) is 19.6 Å². The van der Waals surface area contributed by atoms with Crippen molar-refractivity contribution < 1.29 is 9.59 Å². The highest BCUT2D eigenvalue weighted by molar-refractivity contribution is 5.94. The second-order valence-corrected chi connectivity index (χ2v) is 4.84. The smallest absolute Gasteiger partial charge is 0.253 e. The lowest BCUT2D eigenvalue weighted by atomic mass is 10.1. The van der Waals surface area contributed by atoms with E-state index >= 15 is 0 Å². The van der Waals surface area contributed by atoms with Crippen LogP contribution in [0.3, 0.4) is 0 Å². The van der Waals surface area contributed by atoms with Crippen LogP contribution in [0.1, 0.15) is 42.6 Å². The van der Waals surface area contributed by atoms with Crippen LogP contribution in [0.5, 0.6) is 0 Å². The lowest BCUT2D eigenvalue weighted by Gasteiger charge is -2.18. The molecule has 1 rings (SSSR count). The summed E-state index contributed by atoms with van der Waals surface area (Å²) in [7, 11) is 0. The van der Waals surface area contributed by atoms with E-state index in [0.717, 1.165) is 5.56 Å². The second-order valence-electron chi connectivity index (χ2n) is 4.84. The molecule has 0 unspecified atom stereocenters. The Morgan fingerprint density at radius 3 is 2.29 bits per heavy atom. The molecule has 2 amide bonds. The van der Waals surface area contributed by atoms with Crippen molar-refractivity contribution in [3.8, 4) is 0 Å². The highest BCUT2D eigenvalue weighted by Crippen LogP contribution is 2.08. The normalized spacial score (nSPS) is 10.2. The Balaban J connectivity index is 2.54. The monoisotopic (exact) mass is 291 g/mol. The van der Waals surface area contributed by atoms with Crippen LogP contribution in [-0.4, -0.2) is 36.3 Å². The summed E-state index contributed by atoms with van der Waals surface area (Å²) in [5.74, 6) is 0.0438. The molecule has 0 radical (unpaired) electrons. The molecule has 116 valence electrons. The first-order valence-electron chi connectivity index (χ1n) is 7.47. The Kier molecular flexibility index (Phi) is 7.46. The van der Waals surface area contributed by atoms with E-state index < -0.39 is 0 Å². The number of amides is 2. The van der Waals surface area contributed by atoms with E-state index in [2.05, 4.69) is 5.32 Å². The van der Waals surface area contributed by atoms with E-state index in [4.69, 9.17) is 5.73 Å². The molecule has 5 heteroatoms. The van der Waals surface area contributed by atoms with Gasteiger partial charge >= 0.3 is 0 Å². The summed E-state index contributed by atoms with van der Waals surface area (Å²) in [6.45, 7) is 6.33. The molecule has 0 saturated heterocycles. The van der Waals surface area contributed by atoms with E-state index in [-0.39, 0.29) is 11.8 Å².